The lowest BCUT2D eigenvalue weighted by molar-refractivity contribution is -0.137. The van der Waals surface area contributed by atoms with Gasteiger partial charge in [0, 0.05) is 5.75 Å². The van der Waals surface area contributed by atoms with Gasteiger partial charge in [-0.15, -0.1) is 0 Å². The maximum atomic E-state index is 12.9. The van der Waals surface area contributed by atoms with E-state index in [0.717, 1.165) is 0 Å². The van der Waals surface area contributed by atoms with E-state index in [4.69, 9.17) is 9.16 Å². The summed E-state index contributed by atoms with van der Waals surface area (Å²) in [6.45, 7) is 23.6. The molecule has 0 rings (SSSR count). The van der Waals surface area contributed by atoms with Crippen LogP contribution in [0.3, 0.4) is 0 Å². The summed E-state index contributed by atoms with van der Waals surface area (Å²) in [5.41, 5.74) is 0. The molecule has 26 heavy (non-hydrogen) atoms. The molecular formula is C18H39NO4SSi2. The highest BCUT2D eigenvalue weighted by Gasteiger charge is 2.43. The van der Waals surface area contributed by atoms with E-state index in [-0.39, 0.29) is 22.7 Å². The molecule has 1 atom stereocenters. The van der Waals surface area contributed by atoms with Crippen LogP contribution in [0.25, 0.3) is 0 Å². The minimum absolute atomic E-state index is 0.0797. The molecule has 0 aromatic rings. The molecule has 1 unspecified atom stereocenters. The van der Waals surface area contributed by atoms with Gasteiger partial charge >= 0.3 is 12.1 Å². The zero-order chi connectivity index (χ0) is 21.0. The van der Waals surface area contributed by atoms with Crippen molar-refractivity contribution in [2.24, 2.45) is 0 Å². The molecule has 154 valence electrons. The molecule has 0 bridgehead atoms. The van der Waals surface area contributed by atoms with E-state index in [0.29, 0.717) is 5.75 Å². The molecule has 0 aliphatic heterocycles. The van der Waals surface area contributed by atoms with Gasteiger partial charge < -0.3 is 14.5 Å². The quantitative estimate of drug-likeness (QED) is 0.558. The van der Waals surface area contributed by atoms with Gasteiger partial charge in [-0.05, 0) is 30.1 Å². The molecule has 0 saturated carbocycles. The van der Waals surface area contributed by atoms with Crippen molar-refractivity contribution in [2.75, 3.05) is 12.4 Å². The monoisotopic (exact) mass is 421 g/mol. The Hall–Kier alpha value is -0.476. The Balaban J connectivity index is 5.29. The summed E-state index contributed by atoms with van der Waals surface area (Å²) in [5, 5.41) is 2.81. The van der Waals surface area contributed by atoms with Gasteiger partial charge in [-0.1, -0.05) is 54.6 Å². The third kappa shape index (κ3) is 7.64. The minimum Gasteiger partial charge on any atom is -0.518 e. The molecule has 0 aromatic carbocycles. The Morgan fingerprint density at radius 2 is 1.50 bits per heavy atom. The van der Waals surface area contributed by atoms with Crippen molar-refractivity contribution in [3.63, 3.8) is 0 Å². The third-order valence-corrected chi connectivity index (χ3v) is 19.1. The van der Waals surface area contributed by atoms with Crippen LogP contribution in [0.15, 0.2) is 0 Å². The Morgan fingerprint density at radius 3 is 1.88 bits per heavy atom. The van der Waals surface area contributed by atoms with Crippen LogP contribution >= 0.6 is 11.2 Å². The first-order chi connectivity index (χ1) is 11.4. The number of hydrogen-bond acceptors (Lipinski definition) is 5. The second-order valence-electron chi connectivity index (χ2n) is 9.67. The lowest BCUT2D eigenvalue weighted by Gasteiger charge is -2.38. The number of rotatable bonds is 7. The molecule has 1 N–H and O–H groups in total. The molecular weight excluding hydrogens is 382 g/mol. The fourth-order valence-corrected chi connectivity index (χ4v) is 6.70. The van der Waals surface area contributed by atoms with Crippen molar-refractivity contribution in [3.8, 4) is 0 Å². The summed E-state index contributed by atoms with van der Waals surface area (Å²) < 4.78 is 10.9. The van der Waals surface area contributed by atoms with Crippen LogP contribution in [0.1, 0.15) is 48.5 Å². The predicted octanol–water partition coefficient (Wildman–Crippen LogP) is 5.39. The van der Waals surface area contributed by atoms with E-state index in [9.17, 15) is 9.59 Å². The summed E-state index contributed by atoms with van der Waals surface area (Å²) in [6, 6.07) is -0.692. The molecule has 0 fully saturated rings. The lowest BCUT2D eigenvalue weighted by atomic mass is 10.2. The standard InChI is InChI=1S/C18H39NO4SSi2/c1-12-22-16(21)19-14(13-24-26(10,11)18(5,6)7)15(20)23-25(8,9)17(2,3)4/h14H,12-13H2,1-11H3,(H,19,21). The molecule has 5 nitrogen and oxygen atoms in total. The summed E-state index contributed by atoms with van der Waals surface area (Å²) in [5.74, 6) is 0.152. The summed E-state index contributed by atoms with van der Waals surface area (Å²) in [4.78, 5) is 24.8. The van der Waals surface area contributed by atoms with E-state index >= 15 is 0 Å². The molecule has 0 radical (unpaired) electrons. The van der Waals surface area contributed by atoms with Crippen molar-refractivity contribution in [1.29, 1.82) is 0 Å². The van der Waals surface area contributed by atoms with Crippen molar-refractivity contribution in [3.05, 3.63) is 0 Å². The zero-order valence-electron chi connectivity index (χ0n) is 18.5. The van der Waals surface area contributed by atoms with E-state index in [1.807, 2.05) is 13.1 Å². The average molecular weight is 422 g/mol. The van der Waals surface area contributed by atoms with E-state index in [1.165, 1.54) is 0 Å². The number of ether oxygens (including phenoxy) is 1. The third-order valence-electron chi connectivity index (χ3n) is 5.43. The van der Waals surface area contributed by atoms with Crippen molar-refractivity contribution < 1.29 is 18.8 Å². The summed E-state index contributed by atoms with van der Waals surface area (Å²) in [7, 11) is -3.90. The molecule has 0 aliphatic rings. The second-order valence-corrected chi connectivity index (χ2v) is 23.5. The fourth-order valence-electron chi connectivity index (χ4n) is 1.47. The first kappa shape index (κ1) is 25.5. The molecule has 0 aromatic heterocycles. The number of hydrogen-bond donors (Lipinski definition) is 1. The largest absolute Gasteiger partial charge is 0.518 e. The number of nitrogens with one attached hydrogen (secondary N) is 1. The van der Waals surface area contributed by atoms with Gasteiger partial charge in [0.25, 0.3) is 8.32 Å². The molecule has 8 heteroatoms. The van der Waals surface area contributed by atoms with Crippen LogP contribution in [-0.2, 0) is 14.0 Å². The molecule has 0 saturated heterocycles. The second kappa shape index (κ2) is 9.14. The van der Waals surface area contributed by atoms with Gasteiger partial charge in [-0.25, -0.2) is 4.79 Å². The van der Waals surface area contributed by atoms with Gasteiger partial charge in [0.1, 0.15) is 13.3 Å². The smallest absolute Gasteiger partial charge is 0.407 e. The van der Waals surface area contributed by atoms with Gasteiger partial charge in [-0.2, -0.15) is 11.2 Å². The van der Waals surface area contributed by atoms with Crippen LogP contribution in [0.5, 0.6) is 0 Å². The topological polar surface area (TPSA) is 64.6 Å². The van der Waals surface area contributed by atoms with Crippen molar-refractivity contribution in [1.82, 2.24) is 5.32 Å². The number of carbonyl (C=O) groups excluding carboxylic acids is 2. The van der Waals surface area contributed by atoms with Gasteiger partial charge in [0.15, 0.2) is 0 Å². The lowest BCUT2D eigenvalue weighted by Crippen LogP contribution is -2.51. The van der Waals surface area contributed by atoms with Gasteiger partial charge in [0.05, 0.1) is 6.61 Å². The maximum Gasteiger partial charge on any atom is 0.407 e. The molecule has 1 amide bonds. The van der Waals surface area contributed by atoms with Crippen LogP contribution in [0.2, 0.25) is 36.3 Å². The maximum absolute atomic E-state index is 12.9. The Morgan fingerprint density at radius 1 is 1.00 bits per heavy atom. The Bertz CT molecular complexity index is 496. The van der Waals surface area contributed by atoms with E-state index < -0.39 is 27.7 Å². The van der Waals surface area contributed by atoms with Gasteiger partial charge in [-0.3, -0.25) is 4.79 Å². The van der Waals surface area contributed by atoms with Crippen molar-refractivity contribution in [2.45, 2.75) is 90.8 Å². The van der Waals surface area contributed by atoms with Crippen LogP contribution in [0, 0.1) is 0 Å². The highest BCUT2D eigenvalue weighted by Crippen LogP contribution is 2.43. The first-order valence-electron chi connectivity index (χ1n) is 9.24. The van der Waals surface area contributed by atoms with Crippen LogP contribution in [0.4, 0.5) is 4.79 Å². The minimum atomic E-state index is -2.25. The number of alkyl carbamates (subject to hydrolysis) is 1. The first-order valence-corrected chi connectivity index (χ1v) is 16.9. The molecule has 0 heterocycles. The predicted molar refractivity (Wildman–Crippen MR) is 117 cm³/mol. The SMILES string of the molecule is CCOC(=O)NC(CS[Si](C)(C)C(C)(C)C)C(=O)O[Si](C)(C)C(C)(C)C. The van der Waals surface area contributed by atoms with Crippen molar-refractivity contribution >= 4 is 38.8 Å². The summed E-state index contributed by atoms with van der Waals surface area (Å²) in [6.07, 6.45) is -0.569. The Kier molecular flexibility index (Phi) is 8.98. The van der Waals surface area contributed by atoms with Crippen LogP contribution < -0.4 is 5.32 Å². The van der Waals surface area contributed by atoms with Crippen LogP contribution in [-0.4, -0.2) is 46.0 Å². The van der Waals surface area contributed by atoms with Gasteiger partial charge in [0.2, 0.25) is 0 Å². The highest BCUT2D eigenvalue weighted by molar-refractivity contribution is 8.29. The highest BCUT2D eigenvalue weighted by atomic mass is 32.4. The fraction of sp³-hybridized carbons (Fsp3) is 0.889. The Labute approximate surface area is 166 Å². The normalized spacial score (nSPS) is 14.6. The zero-order valence-corrected chi connectivity index (χ0v) is 21.3. The van der Waals surface area contributed by atoms with E-state index in [1.54, 1.807) is 18.1 Å². The average Bonchev–Trinajstić information content (AvgIpc) is 2.40. The molecule has 0 spiro atoms. The number of amides is 1. The number of carbonyl (C=O) groups is 2. The molecule has 0 aliphatic carbocycles. The summed E-state index contributed by atoms with van der Waals surface area (Å²) >= 11 is 1.80. The van der Waals surface area contributed by atoms with E-state index in [2.05, 4.69) is 60.0 Å².